The van der Waals surface area contributed by atoms with Gasteiger partial charge in [0.15, 0.2) is 0 Å². The van der Waals surface area contributed by atoms with Crippen LogP contribution < -0.4 is 5.32 Å². The van der Waals surface area contributed by atoms with Crippen molar-refractivity contribution in [2.24, 2.45) is 0 Å². The van der Waals surface area contributed by atoms with Crippen molar-refractivity contribution in [3.63, 3.8) is 0 Å². The Bertz CT molecular complexity index is 1070. The molecule has 0 unspecified atom stereocenters. The van der Waals surface area contributed by atoms with Crippen molar-refractivity contribution in [1.82, 2.24) is 10.2 Å². The molecule has 0 aromatic carbocycles. The van der Waals surface area contributed by atoms with Gasteiger partial charge in [0, 0.05) is 19.6 Å². The third kappa shape index (κ3) is 6.69. The average Bonchev–Trinajstić information content (AvgIpc) is 2.89. The molecule has 0 saturated heterocycles. The lowest BCUT2D eigenvalue weighted by Gasteiger charge is -2.45. The second-order valence-corrected chi connectivity index (χ2v) is 9.14. The number of hydrogen-bond donors (Lipinski definition) is 3. The topological polar surface area (TPSA) is 72.8 Å². The van der Waals surface area contributed by atoms with E-state index in [1.807, 2.05) is 0 Å². The van der Waals surface area contributed by atoms with E-state index >= 15 is 0 Å². The van der Waals surface area contributed by atoms with Gasteiger partial charge < -0.3 is 15.5 Å². The largest absolute Gasteiger partial charge is 0.460 e. The summed E-state index contributed by atoms with van der Waals surface area (Å²) in [4.78, 5) is 12.5. The smallest absolute Gasteiger partial charge is 0.395 e. The quantitative estimate of drug-likeness (QED) is 0.124. The molecule has 0 bridgehead atoms. The zero-order valence-electron chi connectivity index (χ0n) is 21.9. The molecule has 0 aliphatic heterocycles. The summed E-state index contributed by atoms with van der Waals surface area (Å²) in [6.45, 7) is -3.62. The summed E-state index contributed by atoms with van der Waals surface area (Å²) in [5.41, 5.74) is 0. The van der Waals surface area contributed by atoms with Gasteiger partial charge >= 0.3 is 65.4 Å². The number of aliphatic hydroxyl groups excluding tert-OH is 2. The maximum Gasteiger partial charge on any atom is 0.460 e. The molecule has 0 rings (SSSR count). The number of hydrogen-bond acceptors (Lipinski definition) is 4. The van der Waals surface area contributed by atoms with Gasteiger partial charge in [0.2, 0.25) is 0 Å². The van der Waals surface area contributed by atoms with Gasteiger partial charge in [0.1, 0.15) is 0 Å². The summed E-state index contributed by atoms with van der Waals surface area (Å²) in [6, 6.07) is 0. The lowest BCUT2D eigenvalue weighted by Crippen LogP contribution is -2.78. The third-order valence-corrected chi connectivity index (χ3v) is 5.96. The first kappa shape index (κ1) is 44.7. The van der Waals surface area contributed by atoms with Gasteiger partial charge in [0.25, 0.3) is 5.91 Å². The number of carbonyl (C=O) groups is 1. The maximum absolute atomic E-state index is 13.9. The Morgan fingerprint density at radius 2 is 0.723 bits per heavy atom. The van der Waals surface area contributed by atoms with Gasteiger partial charge in [-0.05, 0) is 13.0 Å². The Hall–Kier alpha value is -2.26. The maximum atomic E-state index is 13.9. The number of halogens is 23. The van der Waals surface area contributed by atoms with E-state index in [-0.39, 0.29) is 13.1 Å². The molecular weight excluding hydrogens is 741 g/mol. The zero-order valence-corrected chi connectivity index (χ0v) is 21.9. The van der Waals surface area contributed by atoms with Gasteiger partial charge in [-0.25, -0.2) is 0 Å². The molecule has 0 heterocycles. The minimum atomic E-state index is -9.51. The van der Waals surface area contributed by atoms with Crippen molar-refractivity contribution < 1.29 is 116 Å². The first-order valence-electron chi connectivity index (χ1n) is 11.5. The summed E-state index contributed by atoms with van der Waals surface area (Å²) in [5.74, 6) is -93.4. The van der Waals surface area contributed by atoms with E-state index in [0.29, 0.717) is 5.32 Å². The second-order valence-electron chi connectivity index (χ2n) is 9.14. The van der Waals surface area contributed by atoms with Crippen molar-refractivity contribution in [1.29, 1.82) is 0 Å². The van der Waals surface area contributed by atoms with Gasteiger partial charge in [-0.2, -0.15) is 101 Å². The van der Waals surface area contributed by atoms with Crippen LogP contribution in [0.3, 0.4) is 0 Å². The Kier molecular flexibility index (Phi) is 12.6. The molecule has 1 amide bonds. The fourth-order valence-electron chi connectivity index (χ4n) is 3.13. The number of amides is 1. The van der Waals surface area contributed by atoms with Crippen LogP contribution in [0.5, 0.6) is 0 Å². The standard InChI is InChI=1S/C19H17F23N2O3/c20-9(21,8(47)43-2-1-3-44(4-6-45)5-7-46)10(22,23)11(24,25)12(26,27)13(28,29)14(30,31)15(32,33)16(34,35)17(36,37)18(38,39)19(40,41)42/h45-46H,1-7H2,(H,43,47). The van der Waals surface area contributed by atoms with Crippen LogP contribution in [0.25, 0.3) is 0 Å². The van der Waals surface area contributed by atoms with E-state index in [4.69, 9.17) is 10.2 Å². The van der Waals surface area contributed by atoms with Crippen LogP contribution in [-0.4, -0.2) is 126 Å². The molecule has 0 fully saturated rings. The van der Waals surface area contributed by atoms with Crippen LogP contribution in [0.15, 0.2) is 0 Å². The minimum absolute atomic E-state index is 0.281. The Balaban J connectivity index is 6.70. The normalized spacial score (nSPS) is 15.8. The van der Waals surface area contributed by atoms with Crippen molar-refractivity contribution in [3.8, 4) is 0 Å². The molecular formula is C19H17F23N2O3. The molecule has 0 atom stereocenters. The van der Waals surface area contributed by atoms with Gasteiger partial charge in [-0.15, -0.1) is 0 Å². The molecule has 0 spiro atoms. The molecule has 0 aliphatic carbocycles. The predicted molar refractivity (Wildman–Crippen MR) is 104 cm³/mol. The molecule has 0 aromatic heterocycles. The highest BCUT2D eigenvalue weighted by molar-refractivity contribution is 5.84. The van der Waals surface area contributed by atoms with Crippen LogP contribution in [0.1, 0.15) is 6.42 Å². The first-order chi connectivity index (χ1) is 20.4. The predicted octanol–water partition coefficient (Wildman–Crippen LogP) is 5.69. The van der Waals surface area contributed by atoms with Crippen LogP contribution >= 0.6 is 0 Å². The Morgan fingerprint density at radius 1 is 0.447 bits per heavy atom. The van der Waals surface area contributed by atoms with Crippen LogP contribution in [0.4, 0.5) is 101 Å². The van der Waals surface area contributed by atoms with E-state index in [1.54, 1.807) is 0 Å². The van der Waals surface area contributed by atoms with Gasteiger partial charge in [-0.3, -0.25) is 9.69 Å². The van der Waals surface area contributed by atoms with E-state index in [2.05, 4.69) is 0 Å². The van der Waals surface area contributed by atoms with Crippen LogP contribution in [0, 0.1) is 0 Å². The summed E-state index contributed by atoms with van der Waals surface area (Å²) in [7, 11) is 0. The summed E-state index contributed by atoms with van der Waals surface area (Å²) in [5, 5.41) is 18.1. The SMILES string of the molecule is O=C(NCCCN(CCO)CCO)C(F)(F)C(F)(F)C(F)(F)C(F)(F)C(F)(F)C(F)(F)C(F)(F)C(F)(F)C(F)(F)C(F)(F)C(F)(F)F. The van der Waals surface area contributed by atoms with E-state index in [0.717, 1.165) is 4.90 Å². The number of alkyl halides is 23. The fourth-order valence-corrected chi connectivity index (χ4v) is 3.13. The highest BCUT2D eigenvalue weighted by atomic mass is 19.4. The molecule has 282 valence electrons. The number of aliphatic hydroxyl groups is 2. The van der Waals surface area contributed by atoms with Gasteiger partial charge in [0.05, 0.1) is 13.2 Å². The lowest BCUT2D eigenvalue weighted by atomic mass is 9.85. The van der Waals surface area contributed by atoms with Crippen molar-refractivity contribution >= 4 is 5.91 Å². The summed E-state index contributed by atoms with van der Waals surface area (Å²) >= 11 is 0. The summed E-state index contributed by atoms with van der Waals surface area (Å²) < 4.78 is 309. The summed E-state index contributed by atoms with van der Waals surface area (Å²) in [6.07, 6.45) is -8.84. The van der Waals surface area contributed by atoms with Crippen LogP contribution in [0.2, 0.25) is 0 Å². The Labute approximate surface area is 244 Å². The number of nitrogens with zero attached hydrogens (tertiary/aromatic N) is 1. The Morgan fingerprint density at radius 3 is 1.00 bits per heavy atom. The first-order valence-corrected chi connectivity index (χ1v) is 11.5. The van der Waals surface area contributed by atoms with Gasteiger partial charge in [-0.1, -0.05) is 0 Å². The zero-order chi connectivity index (χ0) is 38.3. The molecule has 0 aliphatic rings. The van der Waals surface area contributed by atoms with E-state index in [1.165, 1.54) is 0 Å². The third-order valence-electron chi connectivity index (χ3n) is 5.96. The molecule has 5 nitrogen and oxygen atoms in total. The molecule has 47 heavy (non-hydrogen) atoms. The number of rotatable bonds is 18. The van der Waals surface area contributed by atoms with Crippen molar-refractivity contribution in [3.05, 3.63) is 0 Å². The highest BCUT2D eigenvalue weighted by Crippen LogP contribution is 2.67. The molecule has 3 N–H and O–H groups in total. The van der Waals surface area contributed by atoms with Crippen LogP contribution in [-0.2, 0) is 4.79 Å². The average molecular weight is 758 g/mol. The second kappa shape index (κ2) is 13.2. The highest BCUT2D eigenvalue weighted by Gasteiger charge is 2.99. The minimum Gasteiger partial charge on any atom is -0.395 e. The lowest BCUT2D eigenvalue weighted by molar-refractivity contribution is -0.477. The molecule has 0 radical (unpaired) electrons. The van der Waals surface area contributed by atoms with E-state index < -0.39 is 104 Å². The van der Waals surface area contributed by atoms with E-state index in [9.17, 15) is 106 Å². The van der Waals surface area contributed by atoms with Crippen molar-refractivity contribution in [2.45, 2.75) is 71.8 Å². The number of nitrogens with one attached hydrogen (secondary N) is 1. The molecule has 28 heteroatoms. The fraction of sp³-hybridized carbons (Fsp3) is 0.947. The molecule has 0 aromatic rings. The van der Waals surface area contributed by atoms with Crippen molar-refractivity contribution in [2.75, 3.05) is 39.4 Å². The molecule has 0 saturated carbocycles. The number of carbonyl (C=O) groups excluding carboxylic acids is 1. The monoisotopic (exact) mass is 758 g/mol.